The first-order valence-electron chi connectivity index (χ1n) is 7.81. The van der Waals surface area contributed by atoms with Gasteiger partial charge in [0.05, 0.1) is 5.25 Å². The third-order valence-corrected chi connectivity index (χ3v) is 4.84. The first kappa shape index (κ1) is 18.5. The van der Waals surface area contributed by atoms with Crippen LogP contribution in [0.2, 0.25) is 0 Å². The molecule has 0 aliphatic rings. The normalized spacial score (nSPS) is 12.3. The Bertz CT molecular complexity index is 746. The molecule has 0 spiro atoms. The van der Waals surface area contributed by atoms with Crippen LogP contribution < -0.4 is 5.32 Å². The fourth-order valence-corrected chi connectivity index (χ4v) is 3.27. The molecule has 2 aromatic rings. The topological polar surface area (TPSA) is 29.1 Å². The van der Waals surface area contributed by atoms with Gasteiger partial charge in [0.2, 0.25) is 5.91 Å². The minimum Gasteiger partial charge on any atom is -0.325 e. The summed E-state index contributed by atoms with van der Waals surface area (Å²) in [7, 11) is 0. The summed E-state index contributed by atoms with van der Waals surface area (Å²) < 4.78 is 26.3. The molecule has 0 radical (unpaired) electrons. The number of aryl methyl sites for hydroxylation is 1. The van der Waals surface area contributed by atoms with Gasteiger partial charge in [-0.2, -0.15) is 0 Å². The van der Waals surface area contributed by atoms with Crippen molar-refractivity contribution < 1.29 is 13.6 Å². The van der Waals surface area contributed by atoms with E-state index in [4.69, 9.17) is 0 Å². The van der Waals surface area contributed by atoms with Crippen LogP contribution in [0.3, 0.4) is 0 Å². The quantitative estimate of drug-likeness (QED) is 0.721. The van der Waals surface area contributed by atoms with E-state index in [-0.39, 0.29) is 11.8 Å². The molecule has 0 unspecified atom stereocenters. The number of anilines is 1. The van der Waals surface area contributed by atoms with Crippen molar-refractivity contribution in [1.82, 2.24) is 0 Å². The number of halogens is 2. The molecule has 0 aromatic heterocycles. The first-order chi connectivity index (χ1) is 11.3. The predicted octanol–water partition coefficient (Wildman–Crippen LogP) is 5.52. The number of nitrogens with one attached hydrogen (secondary N) is 1. The summed E-state index contributed by atoms with van der Waals surface area (Å²) >= 11 is 1.20. The Morgan fingerprint density at radius 1 is 1.08 bits per heavy atom. The highest BCUT2D eigenvalue weighted by Crippen LogP contribution is 2.30. The second-order valence-electron chi connectivity index (χ2n) is 6.02. The van der Waals surface area contributed by atoms with Crippen molar-refractivity contribution in [2.45, 2.75) is 43.8 Å². The molecule has 2 rings (SSSR count). The molecule has 1 atom stereocenters. The summed E-state index contributed by atoms with van der Waals surface area (Å²) in [5.41, 5.74) is 2.91. The molecule has 128 valence electrons. The van der Waals surface area contributed by atoms with Gasteiger partial charge in [0.25, 0.3) is 0 Å². The van der Waals surface area contributed by atoms with Gasteiger partial charge in [0.1, 0.15) is 0 Å². The van der Waals surface area contributed by atoms with Crippen LogP contribution in [0.5, 0.6) is 0 Å². The van der Waals surface area contributed by atoms with E-state index in [0.717, 1.165) is 28.9 Å². The Labute approximate surface area is 145 Å². The molecule has 24 heavy (non-hydrogen) atoms. The van der Waals surface area contributed by atoms with Crippen LogP contribution in [-0.2, 0) is 4.79 Å². The Kier molecular flexibility index (Phi) is 5.99. The average Bonchev–Trinajstić information content (AvgIpc) is 2.52. The van der Waals surface area contributed by atoms with Gasteiger partial charge >= 0.3 is 0 Å². The molecule has 0 saturated carbocycles. The van der Waals surface area contributed by atoms with E-state index < -0.39 is 16.9 Å². The van der Waals surface area contributed by atoms with E-state index in [1.165, 1.54) is 17.8 Å². The lowest BCUT2D eigenvalue weighted by Crippen LogP contribution is -2.23. The molecule has 2 aromatic carbocycles. The molecule has 0 saturated heterocycles. The fraction of sp³-hybridized carbons (Fsp3) is 0.316. The van der Waals surface area contributed by atoms with Gasteiger partial charge < -0.3 is 5.32 Å². The maximum absolute atomic E-state index is 13.3. The van der Waals surface area contributed by atoms with Crippen molar-refractivity contribution in [1.29, 1.82) is 0 Å². The highest BCUT2D eigenvalue weighted by Gasteiger charge is 2.18. The second-order valence-corrected chi connectivity index (χ2v) is 7.43. The van der Waals surface area contributed by atoms with Crippen LogP contribution in [0.4, 0.5) is 14.5 Å². The van der Waals surface area contributed by atoms with Crippen LogP contribution in [0.15, 0.2) is 41.3 Å². The fourth-order valence-electron chi connectivity index (χ4n) is 2.37. The van der Waals surface area contributed by atoms with E-state index in [1.54, 1.807) is 6.92 Å². The molecule has 0 bridgehead atoms. The molecular formula is C19H21F2NOS. The van der Waals surface area contributed by atoms with Crippen molar-refractivity contribution in [3.63, 3.8) is 0 Å². The van der Waals surface area contributed by atoms with E-state index in [1.807, 2.05) is 25.1 Å². The van der Waals surface area contributed by atoms with Crippen molar-refractivity contribution in [2.75, 3.05) is 5.32 Å². The highest BCUT2D eigenvalue weighted by atomic mass is 32.2. The highest BCUT2D eigenvalue weighted by molar-refractivity contribution is 8.00. The first-order valence-corrected chi connectivity index (χ1v) is 8.69. The number of amides is 1. The van der Waals surface area contributed by atoms with E-state index in [0.29, 0.717) is 4.90 Å². The molecule has 0 aliphatic carbocycles. The maximum atomic E-state index is 13.3. The number of benzene rings is 2. The van der Waals surface area contributed by atoms with Gasteiger partial charge in [-0.1, -0.05) is 32.0 Å². The molecule has 0 fully saturated rings. The van der Waals surface area contributed by atoms with Gasteiger partial charge in [-0.15, -0.1) is 11.8 Å². The number of para-hydroxylation sites is 1. The zero-order valence-corrected chi connectivity index (χ0v) is 15.0. The summed E-state index contributed by atoms with van der Waals surface area (Å²) in [5.74, 6) is -1.68. The Morgan fingerprint density at radius 2 is 1.79 bits per heavy atom. The second kappa shape index (κ2) is 7.79. The lowest BCUT2D eigenvalue weighted by molar-refractivity contribution is -0.115. The van der Waals surface area contributed by atoms with Gasteiger partial charge in [0.15, 0.2) is 11.6 Å². The summed E-state index contributed by atoms with van der Waals surface area (Å²) in [4.78, 5) is 13.0. The van der Waals surface area contributed by atoms with Crippen molar-refractivity contribution in [3.8, 4) is 0 Å². The Balaban J connectivity index is 2.13. The van der Waals surface area contributed by atoms with Crippen LogP contribution in [-0.4, -0.2) is 11.2 Å². The number of hydrogen-bond donors (Lipinski definition) is 1. The lowest BCUT2D eigenvalue weighted by atomic mass is 9.98. The Hall–Kier alpha value is -1.88. The van der Waals surface area contributed by atoms with Crippen molar-refractivity contribution in [2.24, 2.45) is 0 Å². The zero-order valence-electron chi connectivity index (χ0n) is 14.2. The van der Waals surface area contributed by atoms with E-state index in [9.17, 15) is 13.6 Å². The molecule has 1 amide bonds. The van der Waals surface area contributed by atoms with Crippen LogP contribution in [0, 0.1) is 18.6 Å². The van der Waals surface area contributed by atoms with Crippen LogP contribution >= 0.6 is 11.8 Å². The number of hydrogen-bond acceptors (Lipinski definition) is 2. The van der Waals surface area contributed by atoms with Crippen molar-refractivity contribution in [3.05, 3.63) is 59.2 Å². The molecule has 2 nitrogen and oxygen atoms in total. The maximum Gasteiger partial charge on any atom is 0.237 e. The smallest absolute Gasteiger partial charge is 0.237 e. The molecule has 0 heterocycles. The number of thioether (sulfide) groups is 1. The lowest BCUT2D eigenvalue weighted by Gasteiger charge is -2.18. The third-order valence-electron chi connectivity index (χ3n) is 3.75. The third kappa shape index (κ3) is 4.35. The zero-order chi connectivity index (χ0) is 17.9. The minimum atomic E-state index is -0.909. The largest absolute Gasteiger partial charge is 0.325 e. The summed E-state index contributed by atoms with van der Waals surface area (Å²) in [6, 6.07) is 9.58. The summed E-state index contributed by atoms with van der Waals surface area (Å²) in [6.45, 7) is 7.84. The van der Waals surface area contributed by atoms with Gasteiger partial charge in [0, 0.05) is 10.6 Å². The predicted molar refractivity (Wildman–Crippen MR) is 95.6 cm³/mol. The van der Waals surface area contributed by atoms with E-state index in [2.05, 4.69) is 19.2 Å². The molecular weight excluding hydrogens is 328 g/mol. The van der Waals surface area contributed by atoms with Gasteiger partial charge in [-0.3, -0.25) is 4.79 Å². The summed E-state index contributed by atoms with van der Waals surface area (Å²) in [6.07, 6.45) is 0. The van der Waals surface area contributed by atoms with Gasteiger partial charge in [-0.05, 0) is 49.1 Å². The summed E-state index contributed by atoms with van der Waals surface area (Å²) in [5, 5.41) is 2.54. The standard InChI is InChI=1S/C19H21F2NOS/c1-11(2)15-7-5-6-12(3)18(15)22-19(23)13(4)24-14-8-9-16(20)17(21)10-14/h5-11,13H,1-4H3,(H,22,23)/t13-/m1/s1. The average molecular weight is 349 g/mol. The molecule has 0 aliphatic heterocycles. The number of rotatable bonds is 5. The SMILES string of the molecule is Cc1cccc(C(C)C)c1NC(=O)[C@@H](C)Sc1ccc(F)c(F)c1. The van der Waals surface area contributed by atoms with E-state index >= 15 is 0 Å². The van der Waals surface area contributed by atoms with Crippen LogP contribution in [0.25, 0.3) is 0 Å². The van der Waals surface area contributed by atoms with Crippen LogP contribution in [0.1, 0.15) is 37.8 Å². The minimum absolute atomic E-state index is 0.166. The monoisotopic (exact) mass is 349 g/mol. The van der Waals surface area contributed by atoms with Crippen molar-refractivity contribution >= 4 is 23.4 Å². The molecule has 1 N–H and O–H groups in total. The number of carbonyl (C=O) groups is 1. The van der Waals surface area contributed by atoms with Gasteiger partial charge in [-0.25, -0.2) is 8.78 Å². The Morgan fingerprint density at radius 3 is 2.42 bits per heavy atom. The number of carbonyl (C=O) groups excluding carboxylic acids is 1. The molecule has 5 heteroatoms.